The van der Waals surface area contributed by atoms with Gasteiger partial charge in [0.15, 0.2) is 0 Å². The Bertz CT molecular complexity index is 479. The van der Waals surface area contributed by atoms with E-state index in [9.17, 15) is 8.42 Å². The molecule has 0 spiro atoms. The van der Waals surface area contributed by atoms with Crippen molar-refractivity contribution in [2.75, 3.05) is 13.2 Å². The Hall–Kier alpha value is 0.0500. The summed E-state index contributed by atoms with van der Waals surface area (Å²) in [5.41, 5.74) is 0. The first-order valence-corrected chi connectivity index (χ1v) is 8.49. The Morgan fingerprint density at radius 1 is 1.65 bits per heavy atom. The number of sulfonamides is 1. The number of hydrogen-bond acceptors (Lipinski definition) is 4. The molecule has 4 nitrogen and oxygen atoms in total. The Kier molecular flexibility index (Phi) is 4.25. The Labute approximate surface area is 114 Å². The van der Waals surface area contributed by atoms with Crippen LogP contribution in [0.15, 0.2) is 20.1 Å². The Balaban J connectivity index is 2.09. The average Bonchev–Trinajstić information content (AvgIpc) is 2.85. The maximum absolute atomic E-state index is 12.1. The van der Waals surface area contributed by atoms with Crippen molar-refractivity contribution in [2.24, 2.45) is 5.92 Å². The van der Waals surface area contributed by atoms with Crippen LogP contribution in [0.4, 0.5) is 0 Å². The standard InChI is InChI=1S/C10H14BrNO3S2/c1-7(8-2-4-15-6-8)12-17(13,14)10-9(11)3-5-16-10/h3,5,7-8,12H,2,4,6H2,1H3. The number of hydrogen-bond donors (Lipinski definition) is 1. The van der Waals surface area contributed by atoms with Crippen LogP contribution in [0.1, 0.15) is 13.3 Å². The van der Waals surface area contributed by atoms with Crippen LogP contribution in [0.5, 0.6) is 0 Å². The van der Waals surface area contributed by atoms with Gasteiger partial charge in [0.05, 0.1) is 6.61 Å². The second kappa shape index (κ2) is 5.36. The second-order valence-corrected chi connectivity index (χ2v) is 7.77. The molecular formula is C10H14BrNO3S2. The van der Waals surface area contributed by atoms with E-state index in [0.29, 0.717) is 15.3 Å². The molecule has 0 aromatic carbocycles. The summed E-state index contributed by atoms with van der Waals surface area (Å²) in [5, 5.41) is 1.75. The highest BCUT2D eigenvalue weighted by atomic mass is 79.9. The fourth-order valence-corrected chi connectivity index (χ4v) is 5.48. The molecule has 0 bridgehead atoms. The Morgan fingerprint density at radius 3 is 2.94 bits per heavy atom. The molecule has 1 aliphatic rings. The number of rotatable bonds is 4. The summed E-state index contributed by atoms with van der Waals surface area (Å²) in [7, 11) is -3.42. The van der Waals surface area contributed by atoms with Gasteiger partial charge in [0.2, 0.25) is 0 Å². The van der Waals surface area contributed by atoms with Gasteiger partial charge in [-0.1, -0.05) is 0 Å². The van der Waals surface area contributed by atoms with Gasteiger partial charge in [-0.2, -0.15) is 0 Å². The zero-order valence-corrected chi connectivity index (χ0v) is 12.6. The van der Waals surface area contributed by atoms with Gasteiger partial charge in [-0.25, -0.2) is 13.1 Å². The molecule has 2 atom stereocenters. The van der Waals surface area contributed by atoms with Crippen LogP contribution in [-0.4, -0.2) is 27.7 Å². The number of ether oxygens (including phenoxy) is 1. The van der Waals surface area contributed by atoms with Crippen molar-refractivity contribution in [3.8, 4) is 0 Å². The lowest BCUT2D eigenvalue weighted by atomic mass is 10.0. The molecule has 2 rings (SSSR count). The molecule has 1 N–H and O–H groups in total. The number of halogens is 1. The zero-order valence-electron chi connectivity index (χ0n) is 9.35. The van der Waals surface area contributed by atoms with Crippen molar-refractivity contribution in [1.82, 2.24) is 4.72 Å². The second-order valence-electron chi connectivity index (χ2n) is 4.09. The zero-order chi connectivity index (χ0) is 12.5. The molecular weight excluding hydrogens is 326 g/mol. The minimum absolute atomic E-state index is 0.100. The molecule has 96 valence electrons. The summed E-state index contributed by atoms with van der Waals surface area (Å²) in [6.07, 6.45) is 0.912. The number of nitrogens with one attached hydrogen (secondary N) is 1. The van der Waals surface area contributed by atoms with Crippen LogP contribution in [0.3, 0.4) is 0 Å². The summed E-state index contributed by atoms with van der Waals surface area (Å²) in [6, 6.07) is 1.64. The van der Waals surface area contributed by atoms with E-state index in [1.54, 1.807) is 11.4 Å². The lowest BCUT2D eigenvalue weighted by Gasteiger charge is -2.18. The van der Waals surface area contributed by atoms with Gasteiger partial charge >= 0.3 is 0 Å². The normalized spacial score (nSPS) is 22.8. The van der Waals surface area contributed by atoms with E-state index >= 15 is 0 Å². The van der Waals surface area contributed by atoms with Gasteiger partial charge in [0, 0.05) is 23.0 Å². The van der Waals surface area contributed by atoms with E-state index in [1.807, 2.05) is 6.92 Å². The largest absolute Gasteiger partial charge is 0.381 e. The average molecular weight is 340 g/mol. The first-order valence-electron chi connectivity index (χ1n) is 5.34. The summed E-state index contributed by atoms with van der Waals surface area (Å²) < 4.78 is 33.2. The fourth-order valence-electron chi connectivity index (χ4n) is 1.81. The maximum atomic E-state index is 12.1. The molecule has 1 aliphatic heterocycles. The summed E-state index contributed by atoms with van der Waals surface area (Å²) in [5.74, 6) is 0.267. The van der Waals surface area contributed by atoms with Crippen molar-refractivity contribution < 1.29 is 13.2 Å². The lowest BCUT2D eigenvalue weighted by molar-refractivity contribution is 0.180. The third kappa shape index (κ3) is 3.08. The minimum atomic E-state index is -3.42. The quantitative estimate of drug-likeness (QED) is 0.914. The van der Waals surface area contributed by atoms with Crippen molar-refractivity contribution in [1.29, 1.82) is 0 Å². The van der Waals surface area contributed by atoms with E-state index < -0.39 is 10.0 Å². The van der Waals surface area contributed by atoms with Crippen LogP contribution in [0.25, 0.3) is 0 Å². The summed E-state index contributed by atoms with van der Waals surface area (Å²) in [6.45, 7) is 3.24. The van der Waals surface area contributed by atoms with Gasteiger partial charge in [0.25, 0.3) is 10.0 Å². The number of thiophene rings is 1. The monoisotopic (exact) mass is 339 g/mol. The predicted octanol–water partition coefficient (Wildman–Crippen LogP) is 2.21. The molecule has 1 aromatic heterocycles. The third-order valence-electron chi connectivity index (χ3n) is 2.84. The molecule has 1 aromatic rings. The van der Waals surface area contributed by atoms with Crippen LogP contribution in [-0.2, 0) is 14.8 Å². The molecule has 0 saturated carbocycles. The molecule has 17 heavy (non-hydrogen) atoms. The van der Waals surface area contributed by atoms with Crippen molar-refractivity contribution in [2.45, 2.75) is 23.6 Å². The molecule has 1 saturated heterocycles. The highest BCUT2D eigenvalue weighted by Crippen LogP contribution is 2.28. The molecule has 1 fully saturated rings. The molecule has 2 heterocycles. The molecule has 2 unspecified atom stereocenters. The van der Waals surface area contributed by atoms with Gasteiger partial charge in [-0.3, -0.25) is 0 Å². The molecule has 0 amide bonds. The van der Waals surface area contributed by atoms with Gasteiger partial charge in [-0.15, -0.1) is 11.3 Å². The topological polar surface area (TPSA) is 55.4 Å². The van der Waals surface area contributed by atoms with E-state index in [-0.39, 0.29) is 12.0 Å². The summed E-state index contributed by atoms with van der Waals surface area (Å²) >= 11 is 4.45. The lowest BCUT2D eigenvalue weighted by Crippen LogP contribution is -2.38. The molecule has 0 radical (unpaired) electrons. The minimum Gasteiger partial charge on any atom is -0.381 e. The van der Waals surface area contributed by atoms with Crippen molar-refractivity contribution >= 4 is 37.3 Å². The van der Waals surface area contributed by atoms with Crippen LogP contribution < -0.4 is 4.72 Å². The van der Waals surface area contributed by atoms with Crippen LogP contribution in [0.2, 0.25) is 0 Å². The summed E-state index contributed by atoms with van der Waals surface area (Å²) in [4.78, 5) is 0. The van der Waals surface area contributed by atoms with Gasteiger partial charge < -0.3 is 4.74 Å². The van der Waals surface area contributed by atoms with E-state index in [0.717, 1.165) is 13.0 Å². The van der Waals surface area contributed by atoms with Gasteiger partial charge in [-0.05, 0) is 40.7 Å². The highest BCUT2D eigenvalue weighted by Gasteiger charge is 2.28. The van der Waals surface area contributed by atoms with Crippen molar-refractivity contribution in [3.63, 3.8) is 0 Å². The first-order chi connectivity index (χ1) is 8.00. The smallest absolute Gasteiger partial charge is 0.251 e. The fraction of sp³-hybridized carbons (Fsp3) is 0.600. The van der Waals surface area contributed by atoms with Crippen LogP contribution in [0, 0.1) is 5.92 Å². The maximum Gasteiger partial charge on any atom is 0.251 e. The van der Waals surface area contributed by atoms with E-state index in [4.69, 9.17) is 4.74 Å². The van der Waals surface area contributed by atoms with E-state index in [2.05, 4.69) is 20.7 Å². The third-order valence-corrected chi connectivity index (χ3v) is 7.07. The SMILES string of the molecule is CC(NS(=O)(=O)c1sccc1Br)C1CCOC1. The first kappa shape index (κ1) is 13.5. The predicted molar refractivity (Wildman–Crippen MR) is 70.7 cm³/mol. The highest BCUT2D eigenvalue weighted by molar-refractivity contribution is 9.10. The molecule has 7 heteroatoms. The molecule has 0 aliphatic carbocycles. The van der Waals surface area contributed by atoms with E-state index in [1.165, 1.54) is 11.3 Å². The van der Waals surface area contributed by atoms with Crippen molar-refractivity contribution in [3.05, 3.63) is 15.9 Å². The van der Waals surface area contributed by atoms with Crippen LogP contribution >= 0.6 is 27.3 Å². The van der Waals surface area contributed by atoms with Gasteiger partial charge in [0.1, 0.15) is 4.21 Å². The Morgan fingerprint density at radius 2 is 2.41 bits per heavy atom.